The Morgan fingerprint density at radius 3 is 2.83 bits per heavy atom. The average molecular weight is 328 g/mol. The Labute approximate surface area is 116 Å². The molecule has 1 aromatic carbocycles. The van der Waals surface area contributed by atoms with Crippen molar-refractivity contribution >= 4 is 27.5 Å². The second-order valence-electron chi connectivity index (χ2n) is 3.29. The van der Waals surface area contributed by atoms with Crippen molar-refractivity contribution in [2.75, 3.05) is 0 Å². The molecule has 0 unspecified atom stereocenters. The highest BCUT2D eigenvalue weighted by atomic mass is 79.9. The number of hydrogen-bond donors (Lipinski definition) is 0. The average Bonchev–Trinajstić information content (AvgIpc) is 2.34. The summed E-state index contributed by atoms with van der Waals surface area (Å²) in [6.07, 6.45) is 1.48. The molecule has 0 aliphatic carbocycles. The lowest BCUT2D eigenvalue weighted by Gasteiger charge is -2.07. The van der Waals surface area contributed by atoms with E-state index in [-0.39, 0.29) is 22.2 Å². The van der Waals surface area contributed by atoms with Gasteiger partial charge in [-0.15, -0.1) is 0 Å². The predicted molar refractivity (Wildman–Crippen MR) is 68.1 cm³/mol. The molecule has 0 N–H and O–H groups in total. The van der Waals surface area contributed by atoms with Crippen molar-refractivity contribution in [2.45, 2.75) is 0 Å². The van der Waals surface area contributed by atoms with Gasteiger partial charge in [0.1, 0.15) is 17.6 Å². The van der Waals surface area contributed by atoms with Gasteiger partial charge in [-0.3, -0.25) is 0 Å². The summed E-state index contributed by atoms with van der Waals surface area (Å²) >= 11 is 8.78. The summed E-state index contributed by atoms with van der Waals surface area (Å²) in [4.78, 5) is 3.88. The first-order chi connectivity index (χ1) is 8.60. The highest BCUT2D eigenvalue weighted by Gasteiger charge is 2.08. The SMILES string of the molecule is N#Cc1ncc(Br)cc1Oc1ccc(Cl)c(F)c1. The zero-order valence-corrected chi connectivity index (χ0v) is 11.2. The Bertz CT molecular complexity index is 642. The maximum atomic E-state index is 13.2. The molecule has 0 saturated carbocycles. The largest absolute Gasteiger partial charge is 0.454 e. The van der Waals surface area contributed by atoms with Crippen LogP contribution < -0.4 is 4.74 Å². The third-order valence-electron chi connectivity index (χ3n) is 2.04. The molecule has 18 heavy (non-hydrogen) atoms. The fraction of sp³-hybridized carbons (Fsp3) is 0. The van der Waals surface area contributed by atoms with Crippen LogP contribution in [0.25, 0.3) is 0 Å². The van der Waals surface area contributed by atoms with Crippen LogP contribution in [0.5, 0.6) is 11.5 Å². The van der Waals surface area contributed by atoms with Gasteiger partial charge in [-0.25, -0.2) is 9.37 Å². The Balaban J connectivity index is 2.36. The maximum Gasteiger partial charge on any atom is 0.183 e. The number of aromatic nitrogens is 1. The summed E-state index contributed by atoms with van der Waals surface area (Å²) in [7, 11) is 0. The number of ether oxygens (including phenoxy) is 1. The Morgan fingerprint density at radius 2 is 2.17 bits per heavy atom. The molecule has 6 heteroatoms. The van der Waals surface area contributed by atoms with Gasteiger partial charge in [-0.2, -0.15) is 5.26 Å². The van der Waals surface area contributed by atoms with Gasteiger partial charge in [0.15, 0.2) is 11.4 Å². The van der Waals surface area contributed by atoms with Crippen LogP contribution in [0.1, 0.15) is 5.69 Å². The van der Waals surface area contributed by atoms with Gasteiger partial charge in [-0.05, 0) is 34.1 Å². The van der Waals surface area contributed by atoms with Crippen LogP contribution in [-0.2, 0) is 0 Å². The van der Waals surface area contributed by atoms with Crippen molar-refractivity contribution in [3.8, 4) is 17.6 Å². The number of nitriles is 1. The molecule has 0 amide bonds. The van der Waals surface area contributed by atoms with Gasteiger partial charge in [0.25, 0.3) is 0 Å². The molecule has 0 saturated heterocycles. The molecule has 90 valence electrons. The van der Waals surface area contributed by atoms with E-state index >= 15 is 0 Å². The summed E-state index contributed by atoms with van der Waals surface area (Å²) in [5, 5.41) is 8.89. The molecule has 0 atom stereocenters. The lowest BCUT2D eigenvalue weighted by Crippen LogP contribution is -1.92. The van der Waals surface area contributed by atoms with Gasteiger partial charge in [0, 0.05) is 16.7 Å². The Morgan fingerprint density at radius 1 is 1.39 bits per heavy atom. The van der Waals surface area contributed by atoms with Crippen molar-refractivity contribution < 1.29 is 9.13 Å². The van der Waals surface area contributed by atoms with Crippen molar-refractivity contribution in [1.29, 1.82) is 5.26 Å². The quantitative estimate of drug-likeness (QED) is 0.826. The smallest absolute Gasteiger partial charge is 0.183 e. The van der Waals surface area contributed by atoms with Crippen molar-refractivity contribution in [3.63, 3.8) is 0 Å². The molecule has 0 aliphatic heterocycles. The molecule has 1 aromatic heterocycles. The van der Waals surface area contributed by atoms with Crippen LogP contribution in [0.4, 0.5) is 4.39 Å². The summed E-state index contributed by atoms with van der Waals surface area (Å²) in [6, 6.07) is 7.50. The van der Waals surface area contributed by atoms with E-state index in [1.165, 1.54) is 18.3 Å². The van der Waals surface area contributed by atoms with Crippen LogP contribution in [0, 0.1) is 17.1 Å². The summed E-state index contributed by atoms with van der Waals surface area (Å²) < 4.78 is 19.3. The van der Waals surface area contributed by atoms with E-state index in [9.17, 15) is 4.39 Å². The van der Waals surface area contributed by atoms with Gasteiger partial charge in [-0.1, -0.05) is 11.6 Å². The van der Waals surface area contributed by atoms with E-state index < -0.39 is 5.82 Å². The van der Waals surface area contributed by atoms with Crippen LogP contribution in [0.15, 0.2) is 34.9 Å². The number of rotatable bonds is 2. The molecule has 1 heterocycles. The zero-order chi connectivity index (χ0) is 13.1. The molecule has 2 rings (SSSR count). The second-order valence-corrected chi connectivity index (χ2v) is 4.61. The van der Waals surface area contributed by atoms with E-state index in [0.29, 0.717) is 4.47 Å². The number of halogens is 3. The van der Waals surface area contributed by atoms with E-state index in [2.05, 4.69) is 20.9 Å². The highest BCUT2D eigenvalue weighted by molar-refractivity contribution is 9.10. The molecule has 0 fully saturated rings. The first-order valence-electron chi connectivity index (χ1n) is 4.78. The minimum atomic E-state index is -0.587. The summed E-state index contributed by atoms with van der Waals surface area (Å²) in [5.41, 5.74) is 0.119. The summed E-state index contributed by atoms with van der Waals surface area (Å²) in [6.45, 7) is 0. The Hall–Kier alpha value is -1.64. The number of nitrogens with zero attached hydrogens (tertiary/aromatic N) is 2. The lowest BCUT2D eigenvalue weighted by atomic mass is 10.3. The second kappa shape index (κ2) is 5.34. The van der Waals surface area contributed by atoms with E-state index in [4.69, 9.17) is 21.6 Å². The standard InChI is InChI=1S/C12H5BrClFN2O/c13-7-3-12(11(5-16)17-6-7)18-8-1-2-9(14)10(15)4-8/h1-4,6H. The highest BCUT2D eigenvalue weighted by Crippen LogP contribution is 2.28. The molecule has 0 bridgehead atoms. The van der Waals surface area contributed by atoms with Crippen LogP contribution in [0.3, 0.4) is 0 Å². The third kappa shape index (κ3) is 2.78. The molecule has 3 nitrogen and oxygen atoms in total. The normalized spacial score (nSPS) is 9.89. The fourth-order valence-corrected chi connectivity index (χ4v) is 1.68. The third-order valence-corrected chi connectivity index (χ3v) is 2.78. The number of pyridine rings is 1. The minimum absolute atomic E-state index is 0.00947. The van der Waals surface area contributed by atoms with Crippen LogP contribution >= 0.6 is 27.5 Å². The van der Waals surface area contributed by atoms with Gasteiger partial charge in [0.2, 0.25) is 0 Å². The van der Waals surface area contributed by atoms with Crippen molar-refractivity contribution in [3.05, 3.63) is 51.5 Å². The first-order valence-corrected chi connectivity index (χ1v) is 5.96. The van der Waals surface area contributed by atoms with E-state index in [1.807, 2.05) is 6.07 Å². The molecular formula is C12H5BrClFN2O. The molecular weight excluding hydrogens is 322 g/mol. The molecule has 0 spiro atoms. The fourth-order valence-electron chi connectivity index (χ4n) is 1.25. The van der Waals surface area contributed by atoms with Gasteiger partial charge >= 0.3 is 0 Å². The molecule has 2 aromatic rings. The summed E-state index contributed by atoms with van der Waals surface area (Å²) in [5.74, 6) is -0.0995. The van der Waals surface area contributed by atoms with Crippen molar-refractivity contribution in [2.24, 2.45) is 0 Å². The number of benzene rings is 1. The predicted octanol–water partition coefficient (Wildman–Crippen LogP) is 4.30. The maximum absolute atomic E-state index is 13.2. The first kappa shape index (κ1) is 12.8. The van der Waals surface area contributed by atoms with Crippen LogP contribution in [0.2, 0.25) is 5.02 Å². The van der Waals surface area contributed by atoms with E-state index in [1.54, 1.807) is 6.07 Å². The lowest BCUT2D eigenvalue weighted by molar-refractivity contribution is 0.472. The number of hydrogen-bond acceptors (Lipinski definition) is 3. The zero-order valence-electron chi connectivity index (χ0n) is 8.82. The van der Waals surface area contributed by atoms with Gasteiger partial charge < -0.3 is 4.74 Å². The minimum Gasteiger partial charge on any atom is -0.454 e. The topological polar surface area (TPSA) is 45.9 Å². The molecule has 0 aliphatic rings. The van der Waals surface area contributed by atoms with Crippen molar-refractivity contribution in [1.82, 2.24) is 4.98 Å². The van der Waals surface area contributed by atoms with E-state index in [0.717, 1.165) is 6.07 Å². The van der Waals surface area contributed by atoms with Gasteiger partial charge in [0.05, 0.1) is 5.02 Å². The van der Waals surface area contributed by atoms with Crippen LogP contribution in [-0.4, -0.2) is 4.98 Å². The Kier molecular flexibility index (Phi) is 3.80. The molecule has 0 radical (unpaired) electrons. The monoisotopic (exact) mass is 326 g/mol.